The van der Waals surface area contributed by atoms with Crippen LogP contribution in [0.15, 0.2) is 30.6 Å². The van der Waals surface area contributed by atoms with Gasteiger partial charge in [-0.05, 0) is 24.1 Å². The van der Waals surface area contributed by atoms with E-state index in [0.29, 0.717) is 28.2 Å². The van der Waals surface area contributed by atoms with Crippen molar-refractivity contribution in [2.24, 2.45) is 0 Å². The maximum absolute atomic E-state index is 6.08. The Bertz CT molecular complexity index is 545. The molecule has 0 fully saturated rings. The Morgan fingerprint density at radius 2 is 2.06 bits per heavy atom. The van der Waals surface area contributed by atoms with Crippen molar-refractivity contribution >= 4 is 34.8 Å². The van der Waals surface area contributed by atoms with Gasteiger partial charge in [-0.1, -0.05) is 29.3 Å². The van der Waals surface area contributed by atoms with Crippen LogP contribution >= 0.6 is 23.2 Å². The third-order valence-corrected chi connectivity index (χ3v) is 2.96. The van der Waals surface area contributed by atoms with Gasteiger partial charge in [-0.25, -0.2) is 4.98 Å². The first-order chi connectivity index (χ1) is 8.65. The van der Waals surface area contributed by atoms with E-state index in [9.17, 15) is 0 Å². The highest BCUT2D eigenvalue weighted by molar-refractivity contribution is 6.35. The van der Waals surface area contributed by atoms with Crippen LogP contribution in [-0.2, 0) is 6.42 Å². The first kappa shape index (κ1) is 12.9. The van der Waals surface area contributed by atoms with Gasteiger partial charge >= 0.3 is 0 Å². The van der Waals surface area contributed by atoms with Gasteiger partial charge in [-0.15, -0.1) is 0 Å². The molecule has 2 rings (SSSR count). The maximum Gasteiger partial charge on any atom is 0.146 e. The molecule has 0 aliphatic carbocycles. The first-order valence-corrected chi connectivity index (χ1v) is 6.16. The minimum atomic E-state index is 0.393. The number of aromatic nitrogens is 2. The molecule has 6 heteroatoms. The molecule has 1 heterocycles. The van der Waals surface area contributed by atoms with E-state index in [2.05, 4.69) is 15.3 Å². The molecule has 3 N–H and O–H groups in total. The molecule has 94 valence electrons. The highest BCUT2D eigenvalue weighted by Crippen LogP contribution is 2.21. The SMILES string of the molecule is Nc1cncc(NCCc2ccc(Cl)cc2Cl)n1. The Balaban J connectivity index is 1.92. The monoisotopic (exact) mass is 282 g/mol. The molecular formula is C12H12Cl2N4. The molecule has 0 unspecified atom stereocenters. The van der Waals surface area contributed by atoms with E-state index in [1.807, 2.05) is 12.1 Å². The summed E-state index contributed by atoms with van der Waals surface area (Å²) >= 11 is 11.9. The number of benzene rings is 1. The van der Waals surface area contributed by atoms with E-state index < -0.39 is 0 Å². The van der Waals surface area contributed by atoms with Crippen LogP contribution in [-0.4, -0.2) is 16.5 Å². The third-order valence-electron chi connectivity index (χ3n) is 2.37. The summed E-state index contributed by atoms with van der Waals surface area (Å²) < 4.78 is 0. The Hall–Kier alpha value is -1.52. The van der Waals surface area contributed by atoms with E-state index in [1.165, 1.54) is 6.20 Å². The minimum absolute atomic E-state index is 0.393. The molecular weight excluding hydrogens is 271 g/mol. The number of nitrogen functional groups attached to an aromatic ring is 1. The van der Waals surface area contributed by atoms with E-state index in [-0.39, 0.29) is 0 Å². The molecule has 0 atom stereocenters. The van der Waals surface area contributed by atoms with Crippen molar-refractivity contribution in [3.63, 3.8) is 0 Å². The first-order valence-electron chi connectivity index (χ1n) is 5.40. The van der Waals surface area contributed by atoms with Crippen LogP contribution in [0, 0.1) is 0 Å². The second kappa shape index (κ2) is 5.89. The fourth-order valence-electron chi connectivity index (χ4n) is 1.52. The predicted molar refractivity (Wildman–Crippen MR) is 75.1 cm³/mol. The van der Waals surface area contributed by atoms with Crippen LogP contribution in [0.3, 0.4) is 0 Å². The zero-order valence-electron chi connectivity index (χ0n) is 9.53. The lowest BCUT2D eigenvalue weighted by molar-refractivity contribution is 1.00. The number of rotatable bonds is 4. The average Bonchev–Trinajstić information content (AvgIpc) is 2.32. The lowest BCUT2D eigenvalue weighted by atomic mass is 10.1. The quantitative estimate of drug-likeness (QED) is 0.905. The molecule has 0 amide bonds. The van der Waals surface area contributed by atoms with Crippen LogP contribution in [0.25, 0.3) is 0 Å². The van der Waals surface area contributed by atoms with Crippen LogP contribution in [0.4, 0.5) is 11.6 Å². The molecule has 0 aliphatic rings. The van der Waals surface area contributed by atoms with Gasteiger partial charge in [0.05, 0.1) is 12.4 Å². The van der Waals surface area contributed by atoms with Gasteiger partial charge in [0.15, 0.2) is 0 Å². The average molecular weight is 283 g/mol. The highest BCUT2D eigenvalue weighted by Gasteiger charge is 2.01. The predicted octanol–water partition coefficient (Wildman–Crippen LogP) is 3.02. The standard InChI is InChI=1S/C12H12Cl2N4/c13-9-2-1-8(10(14)5-9)3-4-17-12-7-16-6-11(15)18-12/h1-2,5-7H,3-4H2,(H3,15,17,18). The van der Waals surface area contributed by atoms with Gasteiger partial charge in [0.1, 0.15) is 11.6 Å². The van der Waals surface area contributed by atoms with Crippen molar-refractivity contribution in [1.82, 2.24) is 9.97 Å². The highest BCUT2D eigenvalue weighted by atomic mass is 35.5. The largest absolute Gasteiger partial charge is 0.382 e. The Morgan fingerprint density at radius 3 is 2.78 bits per heavy atom. The third kappa shape index (κ3) is 3.48. The van der Waals surface area contributed by atoms with Gasteiger partial charge in [0, 0.05) is 16.6 Å². The topological polar surface area (TPSA) is 63.8 Å². The summed E-state index contributed by atoms with van der Waals surface area (Å²) in [7, 11) is 0. The summed E-state index contributed by atoms with van der Waals surface area (Å²) in [5, 5.41) is 4.44. The smallest absolute Gasteiger partial charge is 0.146 e. The van der Waals surface area contributed by atoms with Crippen LogP contribution < -0.4 is 11.1 Å². The van der Waals surface area contributed by atoms with Gasteiger partial charge in [0.2, 0.25) is 0 Å². The summed E-state index contributed by atoms with van der Waals surface area (Å²) in [5.74, 6) is 1.05. The molecule has 1 aromatic carbocycles. The van der Waals surface area contributed by atoms with Crippen molar-refractivity contribution in [2.75, 3.05) is 17.6 Å². The molecule has 0 bridgehead atoms. The molecule has 0 radical (unpaired) electrons. The van der Waals surface area contributed by atoms with E-state index in [1.54, 1.807) is 12.3 Å². The lowest BCUT2D eigenvalue weighted by Gasteiger charge is -2.07. The number of nitrogens with two attached hydrogens (primary N) is 1. The molecule has 0 spiro atoms. The summed E-state index contributed by atoms with van der Waals surface area (Å²) in [4.78, 5) is 8.04. The number of nitrogens with zero attached hydrogens (tertiary/aromatic N) is 2. The van der Waals surface area contributed by atoms with Gasteiger partial charge < -0.3 is 11.1 Å². The van der Waals surface area contributed by atoms with Gasteiger partial charge in [-0.2, -0.15) is 0 Å². The number of nitrogens with one attached hydrogen (secondary N) is 1. The number of hydrogen-bond donors (Lipinski definition) is 2. The summed E-state index contributed by atoms with van der Waals surface area (Å²) in [5.41, 5.74) is 6.57. The molecule has 0 aliphatic heterocycles. The van der Waals surface area contributed by atoms with Crippen LogP contribution in [0.1, 0.15) is 5.56 Å². The number of anilines is 2. The zero-order valence-corrected chi connectivity index (χ0v) is 11.0. The second-order valence-electron chi connectivity index (χ2n) is 3.74. The summed E-state index contributed by atoms with van der Waals surface area (Å²) in [6, 6.07) is 5.47. The molecule has 1 aromatic heterocycles. The van der Waals surface area contributed by atoms with Crippen LogP contribution in [0.5, 0.6) is 0 Å². The fraction of sp³-hybridized carbons (Fsp3) is 0.167. The number of halogens is 2. The Morgan fingerprint density at radius 1 is 1.22 bits per heavy atom. The van der Waals surface area contributed by atoms with Crippen molar-refractivity contribution in [3.05, 3.63) is 46.2 Å². The molecule has 4 nitrogen and oxygen atoms in total. The normalized spacial score (nSPS) is 10.3. The Kier molecular flexibility index (Phi) is 4.23. The van der Waals surface area contributed by atoms with E-state index >= 15 is 0 Å². The van der Waals surface area contributed by atoms with E-state index in [4.69, 9.17) is 28.9 Å². The molecule has 0 saturated carbocycles. The van der Waals surface area contributed by atoms with Crippen molar-refractivity contribution < 1.29 is 0 Å². The van der Waals surface area contributed by atoms with Crippen molar-refractivity contribution in [3.8, 4) is 0 Å². The fourth-order valence-corrected chi connectivity index (χ4v) is 2.02. The summed E-state index contributed by atoms with van der Waals surface area (Å²) in [6.07, 6.45) is 3.90. The lowest BCUT2D eigenvalue weighted by Crippen LogP contribution is -2.07. The Labute approximate surface area is 115 Å². The van der Waals surface area contributed by atoms with Crippen molar-refractivity contribution in [1.29, 1.82) is 0 Å². The molecule has 18 heavy (non-hydrogen) atoms. The number of hydrogen-bond acceptors (Lipinski definition) is 4. The summed E-state index contributed by atoms with van der Waals surface area (Å²) in [6.45, 7) is 0.694. The maximum atomic E-state index is 6.08. The van der Waals surface area contributed by atoms with E-state index in [0.717, 1.165) is 12.0 Å². The van der Waals surface area contributed by atoms with Crippen molar-refractivity contribution in [2.45, 2.75) is 6.42 Å². The zero-order chi connectivity index (χ0) is 13.0. The van der Waals surface area contributed by atoms with Gasteiger partial charge in [-0.3, -0.25) is 4.98 Å². The van der Waals surface area contributed by atoms with Gasteiger partial charge in [0.25, 0.3) is 0 Å². The minimum Gasteiger partial charge on any atom is -0.382 e. The van der Waals surface area contributed by atoms with Crippen LogP contribution in [0.2, 0.25) is 10.0 Å². The molecule has 2 aromatic rings. The second-order valence-corrected chi connectivity index (χ2v) is 4.59. The molecule has 0 saturated heterocycles.